The van der Waals surface area contributed by atoms with Gasteiger partial charge in [0.2, 0.25) is 10.0 Å². The molecule has 1 aromatic heterocycles. The van der Waals surface area contributed by atoms with Crippen molar-refractivity contribution < 1.29 is 8.42 Å². The van der Waals surface area contributed by atoms with Gasteiger partial charge < -0.3 is 5.32 Å². The summed E-state index contributed by atoms with van der Waals surface area (Å²) in [6, 6.07) is 5.28. The second-order valence-corrected chi connectivity index (χ2v) is 7.00. The van der Waals surface area contributed by atoms with Crippen molar-refractivity contribution in [1.82, 2.24) is 19.8 Å². The lowest BCUT2D eigenvalue weighted by atomic mass is 10.1. The zero-order valence-corrected chi connectivity index (χ0v) is 12.9. The molecule has 0 aliphatic carbocycles. The third kappa shape index (κ3) is 2.72. The molecular weight excluding hydrogens is 288 g/mol. The SMILES string of the molecule is Cc1c(CNS(=O)(=O)c2ccc3c(c2)CNC3)cnn1C. The molecule has 112 valence electrons. The minimum atomic E-state index is -3.50. The Morgan fingerprint density at radius 1 is 1.33 bits per heavy atom. The molecule has 0 fully saturated rings. The summed E-state index contributed by atoms with van der Waals surface area (Å²) in [6.07, 6.45) is 1.68. The minimum Gasteiger partial charge on any atom is -0.309 e. The van der Waals surface area contributed by atoms with E-state index in [1.807, 2.05) is 20.0 Å². The predicted molar refractivity (Wildman–Crippen MR) is 79.0 cm³/mol. The second-order valence-electron chi connectivity index (χ2n) is 5.24. The number of nitrogens with one attached hydrogen (secondary N) is 2. The Kier molecular flexibility index (Phi) is 3.56. The standard InChI is InChI=1S/C14H18N4O2S/c1-10-13(8-16-18(10)2)9-17-21(19,20)14-4-3-11-6-15-7-12(11)5-14/h3-5,8,15,17H,6-7,9H2,1-2H3. The van der Waals surface area contributed by atoms with Crippen LogP contribution in [0, 0.1) is 6.92 Å². The fourth-order valence-corrected chi connectivity index (χ4v) is 3.47. The third-order valence-electron chi connectivity index (χ3n) is 3.91. The highest BCUT2D eigenvalue weighted by Crippen LogP contribution is 2.20. The van der Waals surface area contributed by atoms with Crippen LogP contribution in [0.4, 0.5) is 0 Å². The van der Waals surface area contributed by atoms with Crippen molar-refractivity contribution in [3.05, 3.63) is 46.8 Å². The average molecular weight is 306 g/mol. The van der Waals surface area contributed by atoms with Crippen LogP contribution in [0.25, 0.3) is 0 Å². The molecule has 0 bridgehead atoms. The summed E-state index contributed by atoms with van der Waals surface area (Å²) in [5.74, 6) is 0. The molecule has 2 N–H and O–H groups in total. The Bertz CT molecular complexity index is 780. The van der Waals surface area contributed by atoms with E-state index in [2.05, 4.69) is 15.1 Å². The van der Waals surface area contributed by atoms with Gasteiger partial charge in [-0.05, 0) is 30.2 Å². The number of hydrogen-bond acceptors (Lipinski definition) is 4. The molecule has 2 aromatic rings. The first-order chi connectivity index (χ1) is 9.97. The smallest absolute Gasteiger partial charge is 0.240 e. The van der Waals surface area contributed by atoms with Crippen LogP contribution < -0.4 is 10.0 Å². The number of fused-ring (bicyclic) bond motifs is 1. The maximum Gasteiger partial charge on any atom is 0.240 e. The van der Waals surface area contributed by atoms with Gasteiger partial charge >= 0.3 is 0 Å². The molecule has 0 unspecified atom stereocenters. The van der Waals surface area contributed by atoms with Crippen LogP contribution in [-0.2, 0) is 36.7 Å². The van der Waals surface area contributed by atoms with Crippen LogP contribution in [0.5, 0.6) is 0 Å². The number of aromatic nitrogens is 2. The summed E-state index contributed by atoms with van der Waals surface area (Å²) in [6.45, 7) is 3.69. The van der Waals surface area contributed by atoms with Gasteiger partial charge in [0.15, 0.2) is 0 Å². The van der Waals surface area contributed by atoms with Gasteiger partial charge in [-0.3, -0.25) is 4.68 Å². The summed E-state index contributed by atoms with van der Waals surface area (Å²) >= 11 is 0. The second kappa shape index (κ2) is 5.25. The van der Waals surface area contributed by atoms with Crippen molar-refractivity contribution >= 4 is 10.0 Å². The van der Waals surface area contributed by atoms with Gasteiger partial charge in [-0.1, -0.05) is 6.07 Å². The highest BCUT2D eigenvalue weighted by molar-refractivity contribution is 7.89. The van der Waals surface area contributed by atoms with E-state index >= 15 is 0 Å². The molecule has 21 heavy (non-hydrogen) atoms. The van der Waals surface area contributed by atoms with Crippen LogP contribution in [0.3, 0.4) is 0 Å². The Labute approximate surface area is 124 Å². The van der Waals surface area contributed by atoms with Crippen molar-refractivity contribution in [2.75, 3.05) is 0 Å². The van der Waals surface area contributed by atoms with E-state index in [0.29, 0.717) is 4.90 Å². The van der Waals surface area contributed by atoms with E-state index in [1.165, 1.54) is 0 Å². The first kappa shape index (κ1) is 14.2. The molecule has 0 amide bonds. The molecule has 0 spiro atoms. The van der Waals surface area contributed by atoms with Gasteiger partial charge in [-0.25, -0.2) is 13.1 Å². The molecular formula is C14H18N4O2S. The summed E-state index contributed by atoms with van der Waals surface area (Å²) in [7, 11) is -1.67. The van der Waals surface area contributed by atoms with Gasteiger partial charge in [0.25, 0.3) is 0 Å². The summed E-state index contributed by atoms with van der Waals surface area (Å²) < 4.78 is 29.1. The Morgan fingerprint density at radius 3 is 2.81 bits per heavy atom. The van der Waals surface area contributed by atoms with Gasteiger partial charge in [-0.15, -0.1) is 0 Å². The molecule has 0 atom stereocenters. The van der Waals surface area contributed by atoms with Crippen LogP contribution in [0.2, 0.25) is 0 Å². The van der Waals surface area contributed by atoms with E-state index in [-0.39, 0.29) is 6.54 Å². The monoisotopic (exact) mass is 306 g/mol. The molecule has 6 nitrogen and oxygen atoms in total. The highest BCUT2D eigenvalue weighted by Gasteiger charge is 2.18. The largest absolute Gasteiger partial charge is 0.309 e. The van der Waals surface area contributed by atoms with E-state index in [0.717, 1.165) is 35.5 Å². The quantitative estimate of drug-likeness (QED) is 0.876. The van der Waals surface area contributed by atoms with E-state index < -0.39 is 10.0 Å². The van der Waals surface area contributed by atoms with Crippen molar-refractivity contribution in [3.63, 3.8) is 0 Å². The van der Waals surface area contributed by atoms with Crippen LogP contribution in [0.1, 0.15) is 22.4 Å². The highest BCUT2D eigenvalue weighted by atomic mass is 32.2. The fourth-order valence-electron chi connectivity index (χ4n) is 2.41. The molecule has 1 aliphatic heterocycles. The number of hydrogen-bond donors (Lipinski definition) is 2. The fraction of sp³-hybridized carbons (Fsp3) is 0.357. The van der Waals surface area contributed by atoms with Crippen LogP contribution in [-0.4, -0.2) is 18.2 Å². The molecule has 1 aromatic carbocycles. The minimum absolute atomic E-state index is 0.247. The summed E-state index contributed by atoms with van der Waals surface area (Å²) in [4.78, 5) is 0.312. The summed E-state index contributed by atoms with van der Waals surface area (Å²) in [5.41, 5.74) is 4.05. The number of rotatable bonds is 4. The molecule has 0 saturated heterocycles. The maximum atomic E-state index is 12.4. The first-order valence-electron chi connectivity index (χ1n) is 6.77. The Morgan fingerprint density at radius 2 is 2.10 bits per heavy atom. The predicted octanol–water partition coefficient (Wildman–Crippen LogP) is 0.810. The lowest BCUT2D eigenvalue weighted by Gasteiger charge is -2.08. The third-order valence-corrected chi connectivity index (χ3v) is 5.31. The normalized spacial score (nSPS) is 14.4. The topological polar surface area (TPSA) is 76.0 Å². The lowest BCUT2D eigenvalue weighted by molar-refractivity contribution is 0.581. The maximum absolute atomic E-state index is 12.4. The number of aryl methyl sites for hydroxylation is 1. The van der Waals surface area contributed by atoms with Crippen molar-refractivity contribution in [3.8, 4) is 0 Å². The Balaban J connectivity index is 1.79. The zero-order valence-electron chi connectivity index (χ0n) is 12.0. The van der Waals surface area contributed by atoms with Gasteiger partial charge in [0.05, 0.1) is 11.1 Å². The number of nitrogens with zero attached hydrogens (tertiary/aromatic N) is 2. The molecule has 7 heteroatoms. The van der Waals surface area contributed by atoms with Gasteiger partial charge in [0.1, 0.15) is 0 Å². The van der Waals surface area contributed by atoms with E-state index in [1.54, 1.807) is 23.0 Å². The molecule has 1 aliphatic rings. The van der Waals surface area contributed by atoms with Crippen molar-refractivity contribution in [1.29, 1.82) is 0 Å². The average Bonchev–Trinajstić information content (AvgIpc) is 3.04. The van der Waals surface area contributed by atoms with Gasteiger partial charge in [0, 0.05) is 37.9 Å². The number of sulfonamides is 1. The van der Waals surface area contributed by atoms with Crippen molar-refractivity contribution in [2.45, 2.75) is 31.5 Å². The molecule has 2 heterocycles. The molecule has 0 saturated carbocycles. The molecule has 3 rings (SSSR count). The van der Waals surface area contributed by atoms with Crippen LogP contribution in [0.15, 0.2) is 29.3 Å². The number of benzene rings is 1. The lowest BCUT2D eigenvalue weighted by Crippen LogP contribution is -2.23. The Hall–Kier alpha value is -1.70. The summed E-state index contributed by atoms with van der Waals surface area (Å²) in [5, 5.41) is 7.32. The first-order valence-corrected chi connectivity index (χ1v) is 8.25. The van der Waals surface area contributed by atoms with Crippen LogP contribution >= 0.6 is 0 Å². The zero-order chi connectivity index (χ0) is 15.0. The van der Waals surface area contributed by atoms with Gasteiger partial charge in [-0.2, -0.15) is 5.10 Å². The van der Waals surface area contributed by atoms with Crippen molar-refractivity contribution in [2.24, 2.45) is 7.05 Å². The van der Waals surface area contributed by atoms with E-state index in [4.69, 9.17) is 0 Å². The molecule has 0 radical (unpaired) electrons. The van der Waals surface area contributed by atoms with E-state index in [9.17, 15) is 8.42 Å².